The lowest BCUT2D eigenvalue weighted by Crippen LogP contribution is -2.59. The molecule has 1 aromatic carbocycles. The second-order valence-electron chi connectivity index (χ2n) is 10.7. The Morgan fingerprint density at radius 1 is 1.08 bits per heavy atom. The van der Waals surface area contributed by atoms with E-state index in [1.54, 1.807) is 46.8 Å². The number of carbonyl (C=O) groups is 4. The average molecular weight is 507 g/mol. The minimum absolute atomic E-state index is 0.0614. The number of hydrogen-bond donors (Lipinski definition) is 4. The third kappa shape index (κ3) is 9.39. The summed E-state index contributed by atoms with van der Waals surface area (Å²) < 4.78 is 5.33. The van der Waals surface area contributed by atoms with Crippen LogP contribution in [0.4, 0.5) is 4.79 Å². The summed E-state index contributed by atoms with van der Waals surface area (Å²) in [6.07, 6.45) is -0.609. The summed E-state index contributed by atoms with van der Waals surface area (Å²) >= 11 is 0. The molecule has 1 rings (SSSR count). The molecular weight excluding hydrogens is 464 g/mol. The van der Waals surface area contributed by atoms with Crippen LogP contribution in [0.1, 0.15) is 86.3 Å². The van der Waals surface area contributed by atoms with E-state index in [-0.39, 0.29) is 24.6 Å². The van der Waals surface area contributed by atoms with E-state index in [0.29, 0.717) is 12.0 Å². The monoisotopic (exact) mass is 506 g/mol. The summed E-state index contributed by atoms with van der Waals surface area (Å²) in [5, 5.41) is 15.5. The Balaban J connectivity index is 3.64. The molecule has 36 heavy (non-hydrogen) atoms. The average Bonchev–Trinajstić information content (AvgIpc) is 2.72. The number of nitrogens with zero attached hydrogens (tertiary/aromatic N) is 1. The summed E-state index contributed by atoms with van der Waals surface area (Å²) in [5.74, 6) is -1.73. The van der Waals surface area contributed by atoms with Gasteiger partial charge in [-0.3, -0.25) is 14.4 Å². The molecule has 2 atom stereocenters. The highest BCUT2D eigenvalue weighted by atomic mass is 16.6. The quantitative estimate of drug-likeness (QED) is 0.362. The number of alkyl carbamates (subject to hydrolysis) is 1. The maximum absolute atomic E-state index is 14.1. The number of aromatic hydroxyl groups is 1. The van der Waals surface area contributed by atoms with Crippen molar-refractivity contribution in [2.24, 2.45) is 5.73 Å². The number of phenolic OH excluding ortho intramolecular Hbond substituents is 1. The minimum atomic E-state index is -1.19. The van der Waals surface area contributed by atoms with E-state index in [4.69, 9.17) is 10.5 Å². The van der Waals surface area contributed by atoms with Gasteiger partial charge in [-0.15, -0.1) is 0 Å². The summed E-state index contributed by atoms with van der Waals surface area (Å²) in [6, 6.07) is 3.60. The maximum Gasteiger partial charge on any atom is 0.408 e. The van der Waals surface area contributed by atoms with Crippen molar-refractivity contribution in [2.75, 3.05) is 0 Å². The van der Waals surface area contributed by atoms with Crippen molar-refractivity contribution in [3.05, 3.63) is 29.8 Å². The Kier molecular flexibility index (Phi) is 10.8. The highest BCUT2D eigenvalue weighted by molar-refractivity contribution is 5.93. The minimum Gasteiger partial charge on any atom is -0.508 e. The molecule has 2 unspecified atom stereocenters. The molecule has 0 spiro atoms. The molecule has 4 amide bonds. The molecule has 0 aliphatic carbocycles. The Bertz CT molecular complexity index is 939. The molecule has 0 bridgehead atoms. The third-order valence-electron chi connectivity index (χ3n) is 5.55. The van der Waals surface area contributed by atoms with Crippen LogP contribution in [0, 0.1) is 0 Å². The van der Waals surface area contributed by atoms with Crippen molar-refractivity contribution in [1.82, 2.24) is 15.5 Å². The first kappa shape index (κ1) is 30.7. The summed E-state index contributed by atoms with van der Waals surface area (Å²) in [5.41, 5.74) is 4.06. The van der Waals surface area contributed by atoms with Gasteiger partial charge in [-0.1, -0.05) is 19.1 Å². The van der Waals surface area contributed by atoms with E-state index in [0.717, 1.165) is 0 Å². The largest absolute Gasteiger partial charge is 0.508 e. The van der Waals surface area contributed by atoms with Gasteiger partial charge in [-0.2, -0.15) is 0 Å². The molecule has 0 aliphatic rings. The van der Waals surface area contributed by atoms with Gasteiger partial charge in [0.05, 0.1) is 0 Å². The van der Waals surface area contributed by atoms with Crippen LogP contribution in [0.5, 0.6) is 5.75 Å². The molecule has 5 N–H and O–H groups in total. The van der Waals surface area contributed by atoms with E-state index < -0.39 is 47.0 Å². The van der Waals surface area contributed by atoms with Gasteiger partial charge in [0, 0.05) is 18.0 Å². The molecule has 0 fully saturated rings. The van der Waals surface area contributed by atoms with Crippen LogP contribution < -0.4 is 16.4 Å². The number of hydrogen-bond acceptors (Lipinski definition) is 6. The van der Waals surface area contributed by atoms with Gasteiger partial charge >= 0.3 is 6.09 Å². The van der Waals surface area contributed by atoms with Gasteiger partial charge in [0.15, 0.2) is 0 Å². The van der Waals surface area contributed by atoms with Gasteiger partial charge < -0.3 is 31.1 Å². The number of carbonyl (C=O) groups excluding carboxylic acids is 4. The lowest BCUT2D eigenvalue weighted by Gasteiger charge is -2.44. The van der Waals surface area contributed by atoms with Crippen LogP contribution in [-0.2, 0) is 19.1 Å². The lowest BCUT2D eigenvalue weighted by atomic mass is 9.91. The van der Waals surface area contributed by atoms with Crippen LogP contribution in [0.2, 0.25) is 0 Å². The fourth-order valence-corrected chi connectivity index (χ4v) is 3.58. The molecule has 0 saturated heterocycles. The van der Waals surface area contributed by atoms with Gasteiger partial charge in [0.1, 0.15) is 23.4 Å². The standard InChI is InChI=1S/C26H42N4O6/c1-9-26(7,8)30(21(22(33)28-16(2)3)17-11-10-12-18(31)15-17)23(34)19(13-14-20(27)32)29-24(35)36-25(4,5)6/h10-12,15-16,19,21,31H,9,13-14H2,1-8H3,(H2,27,32)(H,28,33)(H,29,35). The Labute approximate surface area is 213 Å². The first-order valence-electron chi connectivity index (χ1n) is 12.2. The normalized spacial score (nSPS) is 13.5. The van der Waals surface area contributed by atoms with E-state index in [9.17, 15) is 24.3 Å². The van der Waals surface area contributed by atoms with E-state index in [2.05, 4.69) is 10.6 Å². The molecule has 10 nitrogen and oxygen atoms in total. The van der Waals surface area contributed by atoms with E-state index in [1.165, 1.54) is 17.0 Å². The van der Waals surface area contributed by atoms with Crippen molar-refractivity contribution in [2.45, 2.75) is 104 Å². The van der Waals surface area contributed by atoms with Gasteiger partial charge in [0.25, 0.3) is 0 Å². The lowest BCUT2D eigenvalue weighted by molar-refractivity contribution is -0.149. The number of nitrogens with two attached hydrogens (primary N) is 1. The number of nitrogens with one attached hydrogen (secondary N) is 2. The van der Waals surface area contributed by atoms with Crippen LogP contribution in [0.25, 0.3) is 0 Å². The fraction of sp³-hybridized carbons (Fsp3) is 0.615. The molecular formula is C26H42N4O6. The van der Waals surface area contributed by atoms with Crippen LogP contribution >= 0.6 is 0 Å². The Hall–Kier alpha value is -3.30. The molecule has 0 saturated carbocycles. The molecule has 0 aliphatic heterocycles. The van der Waals surface area contributed by atoms with Crippen molar-refractivity contribution >= 4 is 23.8 Å². The second kappa shape index (κ2) is 12.6. The van der Waals surface area contributed by atoms with E-state index >= 15 is 0 Å². The van der Waals surface area contributed by atoms with Crippen LogP contribution in [0.15, 0.2) is 24.3 Å². The zero-order valence-electron chi connectivity index (χ0n) is 22.7. The molecule has 0 heterocycles. The predicted molar refractivity (Wildman–Crippen MR) is 137 cm³/mol. The smallest absolute Gasteiger partial charge is 0.408 e. The molecule has 10 heteroatoms. The van der Waals surface area contributed by atoms with Crippen LogP contribution in [0.3, 0.4) is 0 Å². The first-order valence-corrected chi connectivity index (χ1v) is 12.2. The number of benzene rings is 1. The topological polar surface area (TPSA) is 151 Å². The van der Waals surface area contributed by atoms with Crippen molar-refractivity contribution in [3.8, 4) is 5.75 Å². The third-order valence-corrected chi connectivity index (χ3v) is 5.55. The summed E-state index contributed by atoms with van der Waals surface area (Å²) in [7, 11) is 0. The molecule has 202 valence electrons. The first-order chi connectivity index (χ1) is 16.5. The van der Waals surface area contributed by atoms with Gasteiger partial charge in [0.2, 0.25) is 17.7 Å². The zero-order valence-corrected chi connectivity index (χ0v) is 22.7. The number of ether oxygens (including phenoxy) is 1. The van der Waals surface area contributed by atoms with Crippen LogP contribution in [-0.4, -0.2) is 57.0 Å². The fourth-order valence-electron chi connectivity index (χ4n) is 3.58. The number of primary amides is 1. The number of phenols is 1. The maximum atomic E-state index is 14.1. The second-order valence-corrected chi connectivity index (χ2v) is 10.7. The number of rotatable bonds is 11. The highest BCUT2D eigenvalue weighted by Gasteiger charge is 2.43. The summed E-state index contributed by atoms with van der Waals surface area (Å²) in [4.78, 5) is 53.2. The van der Waals surface area contributed by atoms with Gasteiger partial charge in [-0.05, 0) is 79.0 Å². The molecule has 1 aromatic rings. The zero-order chi connectivity index (χ0) is 27.8. The molecule has 0 radical (unpaired) electrons. The Morgan fingerprint density at radius 2 is 1.69 bits per heavy atom. The SMILES string of the molecule is CCC(C)(C)N(C(=O)C(CCC(N)=O)NC(=O)OC(C)(C)C)C(C(=O)NC(C)C)c1cccc(O)c1. The number of amides is 4. The predicted octanol–water partition coefficient (Wildman–Crippen LogP) is 3.13. The summed E-state index contributed by atoms with van der Waals surface area (Å²) in [6.45, 7) is 14.2. The Morgan fingerprint density at radius 3 is 2.17 bits per heavy atom. The highest BCUT2D eigenvalue weighted by Crippen LogP contribution is 2.33. The van der Waals surface area contributed by atoms with Gasteiger partial charge in [-0.25, -0.2) is 4.79 Å². The van der Waals surface area contributed by atoms with Crippen molar-refractivity contribution < 1.29 is 29.0 Å². The van der Waals surface area contributed by atoms with E-state index in [1.807, 2.05) is 20.8 Å². The van der Waals surface area contributed by atoms with Crippen molar-refractivity contribution in [3.63, 3.8) is 0 Å². The molecule has 0 aromatic heterocycles. The van der Waals surface area contributed by atoms with Crippen molar-refractivity contribution in [1.29, 1.82) is 0 Å².